The van der Waals surface area contributed by atoms with E-state index in [9.17, 15) is 13.2 Å². The number of hydrogen-bond acceptors (Lipinski definition) is 6. The number of carbonyl (C=O) groups excluding carboxylic acids is 1. The third kappa shape index (κ3) is 4.10. The van der Waals surface area contributed by atoms with Crippen LogP contribution in [0.4, 0.5) is 0 Å². The molecule has 2 saturated heterocycles. The summed E-state index contributed by atoms with van der Waals surface area (Å²) >= 11 is 0. The van der Waals surface area contributed by atoms with Gasteiger partial charge in [0.2, 0.25) is 5.91 Å². The van der Waals surface area contributed by atoms with Crippen LogP contribution >= 0.6 is 0 Å². The van der Waals surface area contributed by atoms with Crippen molar-refractivity contribution in [2.24, 2.45) is 13.0 Å². The molecule has 1 aromatic heterocycles. The minimum atomic E-state index is -3.64. The number of hydrogen-bond donors (Lipinski definition) is 0. The summed E-state index contributed by atoms with van der Waals surface area (Å²) in [4.78, 5) is 19.6. The first-order valence-corrected chi connectivity index (χ1v) is 13.0. The summed E-state index contributed by atoms with van der Waals surface area (Å²) in [6.45, 7) is 4.24. The maximum Gasteiger partial charge on any atom is 0.262 e. The number of aryl methyl sites for hydroxylation is 2. The van der Waals surface area contributed by atoms with Crippen molar-refractivity contribution in [3.05, 3.63) is 35.8 Å². The molecule has 1 unspecified atom stereocenters. The number of benzene rings is 1. The Kier molecular flexibility index (Phi) is 5.82. The van der Waals surface area contributed by atoms with Crippen molar-refractivity contribution >= 4 is 15.9 Å². The van der Waals surface area contributed by atoms with Crippen LogP contribution < -0.4 is 9.47 Å². The molecular weight excluding hydrogens is 444 g/mol. The van der Waals surface area contributed by atoms with Gasteiger partial charge in [-0.1, -0.05) is 6.07 Å². The molecule has 0 spiro atoms. The van der Waals surface area contributed by atoms with Crippen molar-refractivity contribution < 1.29 is 22.7 Å². The lowest BCUT2D eigenvalue weighted by molar-refractivity contribution is -0.137. The van der Waals surface area contributed by atoms with Gasteiger partial charge in [0.25, 0.3) is 10.0 Å². The first kappa shape index (κ1) is 22.2. The van der Waals surface area contributed by atoms with Crippen molar-refractivity contribution in [1.29, 1.82) is 0 Å². The summed E-state index contributed by atoms with van der Waals surface area (Å²) in [5.74, 6) is 2.09. The first-order valence-electron chi connectivity index (χ1n) is 11.5. The molecule has 178 valence electrons. The Morgan fingerprint density at radius 2 is 1.79 bits per heavy atom. The molecule has 0 saturated carbocycles. The largest absolute Gasteiger partial charge is 0.486 e. The number of imidazole rings is 1. The predicted molar refractivity (Wildman–Crippen MR) is 121 cm³/mol. The highest BCUT2D eigenvalue weighted by Gasteiger charge is 2.38. The summed E-state index contributed by atoms with van der Waals surface area (Å²) in [5.41, 5.74) is 1.07. The Balaban J connectivity index is 1.26. The third-order valence-corrected chi connectivity index (χ3v) is 8.75. The standard InChI is InChI=1S/C23H30N4O5S/c1-16-24-22(15-25(16)2)33(29,30)26-10-7-17(8-11-26)23(28)27-9-3-4-19(27)18-5-6-20-21(14-18)32-13-12-31-20/h5-6,14-15,17,19H,3-4,7-13H2,1-2H3. The molecule has 1 atom stereocenters. The monoisotopic (exact) mass is 474 g/mol. The van der Waals surface area contributed by atoms with E-state index in [1.165, 1.54) is 4.31 Å². The number of nitrogens with zero attached hydrogens (tertiary/aromatic N) is 4. The lowest BCUT2D eigenvalue weighted by Gasteiger charge is -2.34. The SMILES string of the molecule is Cc1nc(S(=O)(=O)N2CCC(C(=O)N3CCCC3c3ccc4c(c3)OCCO4)CC2)cn1C. The van der Waals surface area contributed by atoms with Crippen LogP contribution in [0.5, 0.6) is 11.5 Å². The number of aromatic nitrogens is 2. The molecule has 0 aliphatic carbocycles. The molecule has 1 aromatic carbocycles. The van der Waals surface area contributed by atoms with Crippen LogP contribution in [0, 0.1) is 12.8 Å². The molecule has 3 aliphatic heterocycles. The van der Waals surface area contributed by atoms with Gasteiger partial charge >= 0.3 is 0 Å². The Morgan fingerprint density at radius 3 is 2.48 bits per heavy atom. The highest BCUT2D eigenvalue weighted by Crippen LogP contribution is 2.39. The summed E-state index contributed by atoms with van der Waals surface area (Å²) in [6.07, 6.45) is 4.46. The van der Waals surface area contributed by atoms with E-state index in [1.807, 2.05) is 23.1 Å². The normalized spacial score (nSPS) is 22.0. The fraction of sp³-hybridized carbons (Fsp3) is 0.565. The maximum atomic E-state index is 13.4. The van der Waals surface area contributed by atoms with Gasteiger partial charge in [-0.25, -0.2) is 13.4 Å². The lowest BCUT2D eigenvalue weighted by Crippen LogP contribution is -2.44. The Hall–Kier alpha value is -2.59. The second kappa shape index (κ2) is 8.64. The van der Waals surface area contributed by atoms with Crippen LogP contribution in [-0.4, -0.2) is 65.9 Å². The molecule has 0 N–H and O–H groups in total. The molecule has 4 heterocycles. The van der Waals surface area contributed by atoms with Gasteiger partial charge in [0, 0.05) is 38.8 Å². The molecule has 0 radical (unpaired) electrons. The van der Waals surface area contributed by atoms with Crippen molar-refractivity contribution in [2.75, 3.05) is 32.8 Å². The molecule has 2 aromatic rings. The molecule has 9 nitrogen and oxygen atoms in total. The van der Waals surface area contributed by atoms with Crippen LogP contribution in [0.15, 0.2) is 29.4 Å². The molecular formula is C23H30N4O5S. The Morgan fingerprint density at radius 1 is 1.06 bits per heavy atom. The zero-order valence-corrected chi connectivity index (χ0v) is 19.9. The fourth-order valence-corrected chi connectivity index (χ4v) is 6.50. The fourth-order valence-electron chi connectivity index (χ4n) is 5.00. The number of carbonyl (C=O) groups is 1. The van der Waals surface area contributed by atoms with Gasteiger partial charge in [-0.2, -0.15) is 4.31 Å². The molecule has 2 fully saturated rings. The van der Waals surface area contributed by atoms with E-state index in [2.05, 4.69) is 4.98 Å². The molecule has 1 amide bonds. The van der Waals surface area contributed by atoms with E-state index in [4.69, 9.17) is 9.47 Å². The topological polar surface area (TPSA) is 94.0 Å². The van der Waals surface area contributed by atoms with Gasteiger partial charge in [0.15, 0.2) is 16.5 Å². The summed E-state index contributed by atoms with van der Waals surface area (Å²) in [6, 6.07) is 5.96. The van der Waals surface area contributed by atoms with Crippen LogP contribution in [-0.2, 0) is 21.9 Å². The number of likely N-dealkylation sites (tertiary alicyclic amines) is 1. The molecule has 5 rings (SSSR count). The number of amides is 1. The van der Waals surface area contributed by atoms with Gasteiger partial charge < -0.3 is 18.9 Å². The second-order valence-electron chi connectivity index (χ2n) is 9.01. The van der Waals surface area contributed by atoms with Crippen molar-refractivity contribution in [1.82, 2.24) is 18.8 Å². The van der Waals surface area contributed by atoms with Gasteiger partial charge in [0.05, 0.1) is 6.04 Å². The summed E-state index contributed by atoms with van der Waals surface area (Å²) < 4.78 is 40.5. The van der Waals surface area contributed by atoms with Crippen molar-refractivity contribution in [3.63, 3.8) is 0 Å². The molecule has 10 heteroatoms. The lowest BCUT2D eigenvalue weighted by atomic mass is 9.95. The quantitative estimate of drug-likeness (QED) is 0.675. The summed E-state index contributed by atoms with van der Waals surface area (Å²) in [5, 5.41) is 0.0745. The highest BCUT2D eigenvalue weighted by molar-refractivity contribution is 7.89. The Bertz CT molecular complexity index is 1130. The number of sulfonamides is 1. The van der Waals surface area contributed by atoms with Gasteiger partial charge in [-0.3, -0.25) is 4.79 Å². The molecule has 33 heavy (non-hydrogen) atoms. The maximum absolute atomic E-state index is 13.4. The van der Waals surface area contributed by atoms with Crippen LogP contribution in [0.25, 0.3) is 0 Å². The average Bonchev–Trinajstić information content (AvgIpc) is 3.45. The average molecular weight is 475 g/mol. The second-order valence-corrected chi connectivity index (χ2v) is 10.9. The van der Waals surface area contributed by atoms with Crippen molar-refractivity contribution in [2.45, 2.75) is 43.7 Å². The smallest absolute Gasteiger partial charge is 0.262 e. The highest BCUT2D eigenvalue weighted by atomic mass is 32.2. The first-order chi connectivity index (χ1) is 15.8. The van der Waals surface area contributed by atoms with E-state index in [0.717, 1.165) is 36.4 Å². The van der Waals surface area contributed by atoms with Crippen LogP contribution in [0.1, 0.15) is 43.1 Å². The van der Waals surface area contributed by atoms with E-state index < -0.39 is 10.0 Å². The summed E-state index contributed by atoms with van der Waals surface area (Å²) in [7, 11) is -1.87. The number of piperidine rings is 1. The van der Waals surface area contributed by atoms with Gasteiger partial charge in [-0.05, 0) is 50.3 Å². The number of ether oxygens (including phenoxy) is 2. The van der Waals surface area contributed by atoms with E-state index in [0.29, 0.717) is 45.0 Å². The zero-order valence-electron chi connectivity index (χ0n) is 19.1. The molecule has 0 bridgehead atoms. The molecule has 3 aliphatic rings. The predicted octanol–water partition coefficient (Wildman–Crippen LogP) is 2.26. The number of rotatable bonds is 4. The van der Waals surface area contributed by atoms with E-state index in [-0.39, 0.29) is 22.9 Å². The van der Waals surface area contributed by atoms with Gasteiger partial charge in [-0.15, -0.1) is 0 Å². The van der Waals surface area contributed by atoms with Crippen LogP contribution in [0.2, 0.25) is 0 Å². The Labute approximate surface area is 194 Å². The van der Waals surface area contributed by atoms with Crippen LogP contribution in [0.3, 0.4) is 0 Å². The third-order valence-electron chi connectivity index (χ3n) is 6.98. The van der Waals surface area contributed by atoms with Gasteiger partial charge in [0.1, 0.15) is 19.0 Å². The van der Waals surface area contributed by atoms with E-state index in [1.54, 1.807) is 24.7 Å². The van der Waals surface area contributed by atoms with Crippen molar-refractivity contribution in [3.8, 4) is 11.5 Å². The minimum Gasteiger partial charge on any atom is -0.486 e. The number of fused-ring (bicyclic) bond motifs is 1. The van der Waals surface area contributed by atoms with E-state index >= 15 is 0 Å². The zero-order chi connectivity index (χ0) is 23.2. The minimum absolute atomic E-state index is 0.0200.